The van der Waals surface area contributed by atoms with Crippen molar-refractivity contribution in [3.8, 4) is 5.75 Å². The lowest BCUT2D eigenvalue weighted by Gasteiger charge is -2.51. The lowest BCUT2D eigenvalue weighted by atomic mass is 9.75. The third-order valence-electron chi connectivity index (χ3n) is 7.26. The maximum Gasteiger partial charge on any atom is 0.240 e. The van der Waals surface area contributed by atoms with Gasteiger partial charge in [0.15, 0.2) is 0 Å². The molecule has 0 aromatic heterocycles. The van der Waals surface area contributed by atoms with E-state index in [0.29, 0.717) is 23.2 Å². The summed E-state index contributed by atoms with van der Waals surface area (Å²) in [4.78, 5) is 5.48. The third kappa shape index (κ3) is 4.95. The first-order valence-corrected chi connectivity index (χ1v) is 12.5. The molecule has 4 fully saturated rings. The van der Waals surface area contributed by atoms with Crippen LogP contribution in [0, 0.1) is 17.8 Å². The fourth-order valence-electron chi connectivity index (χ4n) is 5.29. The van der Waals surface area contributed by atoms with Gasteiger partial charge >= 0.3 is 0 Å². The fraction of sp³-hybridized carbons (Fsp3) is 0.727. The Hall–Kier alpha value is -1.15. The van der Waals surface area contributed by atoms with Crippen LogP contribution in [0.3, 0.4) is 0 Å². The molecule has 0 saturated carbocycles. The van der Waals surface area contributed by atoms with Crippen LogP contribution in [0.4, 0.5) is 0 Å². The third-order valence-corrected chi connectivity index (χ3v) is 8.70. The number of hydrogen-bond acceptors (Lipinski definition) is 5. The van der Waals surface area contributed by atoms with Crippen LogP contribution in [0.15, 0.2) is 29.2 Å². The monoisotopic (exact) mass is 421 g/mol. The smallest absolute Gasteiger partial charge is 0.240 e. The van der Waals surface area contributed by atoms with Crippen LogP contribution in [0.2, 0.25) is 0 Å². The Bertz CT molecular complexity index is 775. The van der Waals surface area contributed by atoms with E-state index in [1.807, 2.05) is 0 Å². The summed E-state index contributed by atoms with van der Waals surface area (Å²) >= 11 is 0. The van der Waals surface area contributed by atoms with E-state index < -0.39 is 10.0 Å². The van der Waals surface area contributed by atoms with Crippen molar-refractivity contribution < 1.29 is 13.2 Å². The van der Waals surface area contributed by atoms with E-state index in [0.717, 1.165) is 37.3 Å². The number of benzene rings is 1. The Morgan fingerprint density at radius 2 is 1.83 bits per heavy atom. The number of piperidine rings is 4. The summed E-state index contributed by atoms with van der Waals surface area (Å²) in [5, 5.41) is 0. The maximum atomic E-state index is 12.7. The van der Waals surface area contributed by atoms with Crippen LogP contribution in [0.5, 0.6) is 5.75 Å². The number of ether oxygens (including phenoxy) is 1. The lowest BCUT2D eigenvalue weighted by molar-refractivity contribution is -0.0136. The Balaban J connectivity index is 1.30. The van der Waals surface area contributed by atoms with Crippen LogP contribution in [0.1, 0.15) is 32.6 Å². The van der Waals surface area contributed by atoms with Crippen molar-refractivity contribution in [3.63, 3.8) is 0 Å². The normalized spacial score (nSPS) is 31.1. The molecule has 1 aromatic carbocycles. The second-order valence-electron chi connectivity index (χ2n) is 9.20. The van der Waals surface area contributed by atoms with Crippen molar-refractivity contribution >= 4 is 10.0 Å². The molecule has 1 aromatic rings. The average molecular weight is 422 g/mol. The molecule has 0 amide bonds. The maximum absolute atomic E-state index is 12.7. The Morgan fingerprint density at radius 1 is 1.10 bits per heavy atom. The molecule has 6 nitrogen and oxygen atoms in total. The van der Waals surface area contributed by atoms with Crippen molar-refractivity contribution in [3.05, 3.63) is 24.3 Å². The Morgan fingerprint density at radius 3 is 2.45 bits per heavy atom. The molecule has 7 heteroatoms. The molecule has 0 spiro atoms. The van der Waals surface area contributed by atoms with Crippen LogP contribution >= 0.6 is 0 Å². The largest absolute Gasteiger partial charge is 0.497 e. The molecule has 2 bridgehead atoms. The molecule has 4 atom stereocenters. The first kappa shape index (κ1) is 21.1. The summed E-state index contributed by atoms with van der Waals surface area (Å²) in [6.45, 7) is 8.80. The van der Waals surface area contributed by atoms with Crippen molar-refractivity contribution in [2.45, 2.75) is 43.5 Å². The highest BCUT2D eigenvalue weighted by atomic mass is 32.2. The first-order valence-electron chi connectivity index (χ1n) is 11.0. The van der Waals surface area contributed by atoms with Gasteiger partial charge in [-0.1, -0.05) is 6.92 Å². The van der Waals surface area contributed by atoms with Gasteiger partial charge in [-0.05, 0) is 87.3 Å². The molecule has 0 radical (unpaired) electrons. The molecule has 5 rings (SSSR count). The molecule has 4 aliphatic rings. The Kier molecular flexibility index (Phi) is 6.49. The predicted molar refractivity (Wildman–Crippen MR) is 115 cm³/mol. The van der Waals surface area contributed by atoms with E-state index in [4.69, 9.17) is 4.74 Å². The molecule has 1 N–H and O–H groups in total. The minimum absolute atomic E-state index is 0.298. The zero-order valence-electron chi connectivity index (χ0n) is 17.7. The zero-order valence-corrected chi connectivity index (χ0v) is 18.5. The van der Waals surface area contributed by atoms with Gasteiger partial charge in [-0.3, -0.25) is 4.90 Å². The van der Waals surface area contributed by atoms with Gasteiger partial charge in [0.2, 0.25) is 10.0 Å². The molecule has 4 aliphatic heterocycles. The topological polar surface area (TPSA) is 61.9 Å². The van der Waals surface area contributed by atoms with E-state index in [9.17, 15) is 8.42 Å². The molecule has 29 heavy (non-hydrogen) atoms. The Labute approximate surface area is 175 Å². The first-order chi connectivity index (χ1) is 13.9. The fourth-order valence-corrected chi connectivity index (χ4v) is 6.36. The molecular weight excluding hydrogens is 386 g/mol. The number of methoxy groups -OCH3 is 1. The van der Waals surface area contributed by atoms with Crippen molar-refractivity contribution in [1.82, 2.24) is 14.5 Å². The quantitative estimate of drug-likeness (QED) is 0.733. The summed E-state index contributed by atoms with van der Waals surface area (Å²) in [7, 11) is -1.91. The number of fused-ring (bicyclic) bond motifs is 3. The zero-order chi connectivity index (χ0) is 20.4. The van der Waals surface area contributed by atoms with E-state index in [1.54, 1.807) is 31.4 Å². The van der Waals surface area contributed by atoms with Crippen molar-refractivity contribution in [2.24, 2.45) is 17.8 Å². The summed E-state index contributed by atoms with van der Waals surface area (Å²) < 4.78 is 33.3. The summed E-state index contributed by atoms with van der Waals surface area (Å²) in [6, 6.07) is 6.90. The molecule has 4 heterocycles. The van der Waals surface area contributed by atoms with Crippen LogP contribution in [0.25, 0.3) is 0 Å². The number of hydrogen-bond donors (Lipinski definition) is 1. The number of rotatable bonds is 7. The number of nitrogens with one attached hydrogen (secondary N) is 1. The summed E-state index contributed by atoms with van der Waals surface area (Å²) in [5.41, 5.74) is 0. The second-order valence-corrected chi connectivity index (χ2v) is 11.0. The van der Waals surface area contributed by atoms with E-state index in [-0.39, 0.29) is 0 Å². The van der Waals surface area contributed by atoms with Gasteiger partial charge in [0.1, 0.15) is 5.75 Å². The molecule has 4 saturated heterocycles. The predicted octanol–water partition coefficient (Wildman–Crippen LogP) is 2.42. The van der Waals surface area contributed by atoms with Gasteiger partial charge < -0.3 is 9.64 Å². The molecular formula is C22H35N3O3S. The number of likely N-dealkylation sites (tertiary alicyclic amines) is 1. The van der Waals surface area contributed by atoms with Crippen molar-refractivity contribution in [2.75, 3.05) is 46.4 Å². The van der Waals surface area contributed by atoms with Gasteiger partial charge in [-0.25, -0.2) is 13.1 Å². The molecule has 0 aliphatic carbocycles. The van der Waals surface area contributed by atoms with E-state index in [2.05, 4.69) is 21.4 Å². The molecule has 162 valence electrons. The second kappa shape index (κ2) is 8.92. The average Bonchev–Trinajstić information content (AvgIpc) is 2.75. The summed E-state index contributed by atoms with van der Waals surface area (Å²) in [6.07, 6.45) is 5.03. The lowest BCUT2D eigenvalue weighted by Crippen LogP contribution is -2.58. The minimum Gasteiger partial charge on any atom is -0.497 e. The molecule has 1 unspecified atom stereocenters. The highest BCUT2D eigenvalue weighted by Gasteiger charge is 2.41. The van der Waals surface area contributed by atoms with Gasteiger partial charge in [0.25, 0.3) is 0 Å². The van der Waals surface area contributed by atoms with Crippen LogP contribution < -0.4 is 9.46 Å². The van der Waals surface area contributed by atoms with E-state index >= 15 is 0 Å². The van der Waals surface area contributed by atoms with Crippen molar-refractivity contribution in [1.29, 1.82) is 0 Å². The number of nitrogens with zero attached hydrogens (tertiary/aromatic N) is 2. The number of sulfonamides is 1. The van der Waals surface area contributed by atoms with Crippen LogP contribution in [-0.2, 0) is 10.0 Å². The van der Waals surface area contributed by atoms with E-state index in [1.165, 1.54) is 38.9 Å². The van der Waals surface area contributed by atoms with Gasteiger partial charge in [0, 0.05) is 25.7 Å². The van der Waals surface area contributed by atoms with Crippen LogP contribution in [-0.4, -0.2) is 70.6 Å². The highest BCUT2D eigenvalue weighted by Crippen LogP contribution is 2.37. The summed E-state index contributed by atoms with van der Waals surface area (Å²) in [5.74, 6) is 3.01. The van der Waals surface area contributed by atoms with Gasteiger partial charge in [-0.2, -0.15) is 0 Å². The minimum atomic E-state index is -3.48. The van der Waals surface area contributed by atoms with Gasteiger partial charge in [0.05, 0.1) is 12.0 Å². The highest BCUT2D eigenvalue weighted by molar-refractivity contribution is 7.89. The standard InChI is InChI=1S/C22H35N3O3S/c1-17-7-10-24(11-8-17)15-19-16-25-12-9-18(19)13-20(25)14-23-29(26,27)22-5-3-21(28-2)4-6-22/h3-6,17-20,23H,7-16H2,1-2H3/t18-,19-,20+/m0/s1. The van der Waals surface area contributed by atoms with Gasteiger partial charge in [-0.15, -0.1) is 0 Å². The SMILES string of the molecule is COc1ccc(S(=O)(=O)NC[C@H]2C[C@@H]3CCN2C[C@@H]3CN2CCC(C)CC2)cc1.